The first-order valence-corrected chi connectivity index (χ1v) is 9.26. The summed E-state index contributed by atoms with van der Waals surface area (Å²) >= 11 is 1.33. The number of aromatic nitrogens is 1. The quantitative estimate of drug-likeness (QED) is 0.628. The average molecular weight is 345 g/mol. The summed E-state index contributed by atoms with van der Waals surface area (Å²) in [5.74, 6) is -0.596. The summed E-state index contributed by atoms with van der Waals surface area (Å²) in [4.78, 5) is 28.9. The molecule has 7 heteroatoms. The first kappa shape index (κ1) is 16.8. The Morgan fingerprint density at radius 3 is 2.67 bits per heavy atom. The van der Waals surface area contributed by atoms with Crippen LogP contribution in [0.4, 0.5) is 0 Å². The number of carbonyl (C=O) groups is 2. The molecule has 0 unspecified atom stereocenters. The van der Waals surface area contributed by atoms with Gasteiger partial charge in [0.1, 0.15) is 11.1 Å². The summed E-state index contributed by atoms with van der Waals surface area (Å²) in [6, 6.07) is 3.89. The Kier molecular flexibility index (Phi) is 4.76. The number of rotatable bonds is 6. The van der Waals surface area contributed by atoms with Crippen LogP contribution in [0, 0.1) is 11.3 Å². The van der Waals surface area contributed by atoms with Gasteiger partial charge in [-0.05, 0) is 44.9 Å². The predicted octanol–water partition coefficient (Wildman–Crippen LogP) is 2.38. The number of pyridine rings is 1. The zero-order valence-corrected chi connectivity index (χ0v) is 14.5. The van der Waals surface area contributed by atoms with E-state index in [0.717, 1.165) is 31.4 Å². The van der Waals surface area contributed by atoms with E-state index in [1.807, 2.05) is 12.3 Å². The summed E-state index contributed by atoms with van der Waals surface area (Å²) < 4.78 is 5.28. The number of hydrogen-bond donors (Lipinski definition) is 1. The molecule has 2 fully saturated rings. The van der Waals surface area contributed by atoms with Crippen LogP contribution in [0.3, 0.4) is 0 Å². The molecule has 0 radical (unpaired) electrons. The maximum Gasteiger partial charge on any atom is 0.340 e. The van der Waals surface area contributed by atoms with Gasteiger partial charge in [0.2, 0.25) is 0 Å². The van der Waals surface area contributed by atoms with Crippen molar-refractivity contribution < 1.29 is 14.3 Å². The van der Waals surface area contributed by atoms with Gasteiger partial charge in [0.15, 0.2) is 6.10 Å². The van der Waals surface area contributed by atoms with Gasteiger partial charge in [-0.2, -0.15) is 5.26 Å². The number of carbonyl (C=O) groups excluding carboxylic acids is 2. The molecule has 126 valence electrons. The minimum absolute atomic E-state index is 0.199. The van der Waals surface area contributed by atoms with Gasteiger partial charge in [0.25, 0.3) is 5.91 Å². The van der Waals surface area contributed by atoms with Crippen LogP contribution in [0.5, 0.6) is 0 Å². The molecule has 24 heavy (non-hydrogen) atoms. The number of esters is 1. The Morgan fingerprint density at radius 2 is 2.12 bits per heavy atom. The molecule has 3 rings (SSSR count). The number of nitrogens with one attached hydrogen (secondary N) is 1. The fourth-order valence-electron chi connectivity index (χ4n) is 2.37. The highest BCUT2D eigenvalue weighted by Gasteiger charge is 2.31. The maximum absolute atomic E-state index is 12.5. The lowest BCUT2D eigenvalue weighted by atomic mass is 10.1. The van der Waals surface area contributed by atoms with E-state index in [1.165, 1.54) is 11.8 Å². The monoisotopic (exact) mass is 345 g/mol. The Labute approximate surface area is 145 Å². The minimum Gasteiger partial charge on any atom is -0.449 e. The fourth-order valence-corrected chi connectivity index (χ4v) is 2.93. The van der Waals surface area contributed by atoms with Gasteiger partial charge in [0.05, 0.1) is 11.1 Å². The Hall–Kier alpha value is -2.07. The van der Waals surface area contributed by atoms with Crippen LogP contribution in [0.1, 0.15) is 60.1 Å². The standard InChI is InChI=1S/C17H19N3O3S/c1-9(15(21)19-11-5-6-11)23-17(22)12-7-14(10-3-4-10)20-16(24-2)13(12)8-18/h7,9-11H,3-6H2,1-2H3,(H,19,21)/t9-/m1/s1. The van der Waals surface area contributed by atoms with E-state index >= 15 is 0 Å². The first-order valence-electron chi connectivity index (χ1n) is 8.03. The largest absolute Gasteiger partial charge is 0.449 e. The summed E-state index contributed by atoms with van der Waals surface area (Å²) in [6.45, 7) is 1.54. The Balaban J connectivity index is 1.80. The normalized spacial score (nSPS) is 17.7. The highest BCUT2D eigenvalue weighted by molar-refractivity contribution is 7.98. The van der Waals surface area contributed by atoms with Crippen molar-refractivity contribution in [2.24, 2.45) is 0 Å². The van der Waals surface area contributed by atoms with Crippen molar-refractivity contribution in [3.8, 4) is 6.07 Å². The van der Waals surface area contributed by atoms with Gasteiger partial charge in [0, 0.05) is 17.7 Å². The highest BCUT2D eigenvalue weighted by atomic mass is 32.2. The number of nitriles is 1. The number of amides is 1. The molecule has 6 nitrogen and oxygen atoms in total. The molecule has 1 aromatic rings. The van der Waals surface area contributed by atoms with Crippen LogP contribution in [0.25, 0.3) is 0 Å². The van der Waals surface area contributed by atoms with Crippen LogP contribution < -0.4 is 5.32 Å². The van der Waals surface area contributed by atoms with Gasteiger partial charge >= 0.3 is 5.97 Å². The van der Waals surface area contributed by atoms with Crippen LogP contribution in [-0.2, 0) is 9.53 Å². The summed E-state index contributed by atoms with van der Waals surface area (Å²) in [7, 11) is 0. The lowest BCUT2D eigenvalue weighted by molar-refractivity contribution is -0.129. The second-order valence-corrected chi connectivity index (χ2v) is 6.99. The highest BCUT2D eigenvalue weighted by Crippen LogP contribution is 2.40. The third-order valence-electron chi connectivity index (χ3n) is 4.10. The third-order valence-corrected chi connectivity index (χ3v) is 4.79. The number of thioether (sulfide) groups is 1. The first-order chi connectivity index (χ1) is 11.5. The molecule has 0 saturated heterocycles. The van der Waals surface area contributed by atoms with E-state index in [-0.39, 0.29) is 23.1 Å². The second-order valence-electron chi connectivity index (χ2n) is 6.20. The molecule has 2 aliphatic carbocycles. The van der Waals surface area contributed by atoms with Crippen LogP contribution in [-0.4, -0.2) is 35.3 Å². The maximum atomic E-state index is 12.5. The molecule has 0 spiro atoms. The van der Waals surface area contributed by atoms with E-state index < -0.39 is 12.1 Å². The molecule has 2 saturated carbocycles. The van der Waals surface area contributed by atoms with E-state index in [0.29, 0.717) is 10.9 Å². The Morgan fingerprint density at radius 1 is 1.42 bits per heavy atom. The topological polar surface area (TPSA) is 92.1 Å². The molecular weight excluding hydrogens is 326 g/mol. The van der Waals surface area contributed by atoms with Crippen LogP contribution in [0.2, 0.25) is 0 Å². The summed E-state index contributed by atoms with van der Waals surface area (Å²) in [5.41, 5.74) is 1.23. The number of ether oxygens (including phenoxy) is 1. The van der Waals surface area contributed by atoms with Crippen molar-refractivity contribution in [1.82, 2.24) is 10.3 Å². The second kappa shape index (κ2) is 6.81. The molecule has 0 aromatic carbocycles. The minimum atomic E-state index is -0.889. The lowest BCUT2D eigenvalue weighted by Crippen LogP contribution is -2.37. The van der Waals surface area contributed by atoms with Crippen molar-refractivity contribution in [3.05, 3.63) is 22.9 Å². The lowest BCUT2D eigenvalue weighted by Gasteiger charge is -2.15. The zero-order chi connectivity index (χ0) is 17.3. The molecule has 2 aliphatic rings. The summed E-state index contributed by atoms with van der Waals surface area (Å²) in [5, 5.41) is 12.7. The average Bonchev–Trinajstić information content (AvgIpc) is 3.46. The molecule has 1 amide bonds. The molecule has 1 N–H and O–H groups in total. The molecule has 1 aromatic heterocycles. The van der Waals surface area contributed by atoms with Crippen molar-refractivity contribution >= 4 is 23.6 Å². The molecule has 1 atom stereocenters. The van der Waals surface area contributed by atoms with E-state index in [1.54, 1.807) is 13.0 Å². The van der Waals surface area contributed by atoms with Gasteiger partial charge in [-0.1, -0.05) is 0 Å². The molecule has 0 aliphatic heterocycles. The predicted molar refractivity (Wildman–Crippen MR) is 88.8 cm³/mol. The van der Waals surface area contributed by atoms with Gasteiger partial charge < -0.3 is 10.1 Å². The number of hydrogen-bond acceptors (Lipinski definition) is 6. The molecule has 1 heterocycles. The summed E-state index contributed by atoms with van der Waals surface area (Å²) in [6.07, 6.45) is 4.96. The van der Waals surface area contributed by atoms with Gasteiger partial charge in [-0.15, -0.1) is 11.8 Å². The third kappa shape index (κ3) is 3.70. The van der Waals surface area contributed by atoms with Crippen molar-refractivity contribution in [3.63, 3.8) is 0 Å². The number of nitrogens with zero attached hydrogens (tertiary/aromatic N) is 2. The van der Waals surface area contributed by atoms with Crippen LogP contribution >= 0.6 is 11.8 Å². The molecule has 0 bridgehead atoms. The van der Waals surface area contributed by atoms with Crippen molar-refractivity contribution in [1.29, 1.82) is 5.26 Å². The van der Waals surface area contributed by atoms with Gasteiger partial charge in [-0.3, -0.25) is 4.79 Å². The van der Waals surface area contributed by atoms with Crippen molar-refractivity contribution in [2.75, 3.05) is 6.26 Å². The molecular formula is C17H19N3O3S. The SMILES string of the molecule is CSc1nc(C2CC2)cc(C(=O)O[C@H](C)C(=O)NC2CC2)c1C#N. The Bertz CT molecular complexity index is 721. The van der Waals surface area contributed by atoms with Crippen LogP contribution in [0.15, 0.2) is 11.1 Å². The van der Waals surface area contributed by atoms with E-state index in [9.17, 15) is 14.9 Å². The zero-order valence-electron chi connectivity index (χ0n) is 13.7. The van der Waals surface area contributed by atoms with Crippen molar-refractivity contribution in [2.45, 2.75) is 55.7 Å². The van der Waals surface area contributed by atoms with Gasteiger partial charge in [-0.25, -0.2) is 9.78 Å². The van der Waals surface area contributed by atoms with E-state index in [2.05, 4.69) is 10.3 Å². The smallest absolute Gasteiger partial charge is 0.340 e. The van der Waals surface area contributed by atoms with E-state index in [4.69, 9.17) is 4.74 Å². The fraction of sp³-hybridized carbons (Fsp3) is 0.529.